The van der Waals surface area contributed by atoms with Gasteiger partial charge in [0.15, 0.2) is 11.5 Å². The summed E-state index contributed by atoms with van der Waals surface area (Å²) in [6, 6.07) is 3.59. The molecule has 0 unspecified atom stereocenters. The number of carboxylic acids is 1. The molecular formula is C15H15NO5S. The van der Waals surface area contributed by atoms with E-state index in [-0.39, 0.29) is 4.88 Å². The number of hydrogen-bond acceptors (Lipinski definition) is 6. The number of ether oxygens (including phenoxy) is 3. The molecule has 22 heavy (non-hydrogen) atoms. The van der Waals surface area contributed by atoms with Crippen molar-refractivity contribution in [3.05, 3.63) is 33.8 Å². The number of thiazole rings is 1. The number of aromatic nitrogens is 1. The van der Waals surface area contributed by atoms with Crippen LogP contribution >= 0.6 is 11.3 Å². The summed E-state index contributed by atoms with van der Waals surface area (Å²) < 4.78 is 15.8. The lowest BCUT2D eigenvalue weighted by Crippen LogP contribution is -1.95. The first-order valence-corrected chi connectivity index (χ1v) is 7.08. The van der Waals surface area contributed by atoms with E-state index in [4.69, 9.17) is 19.3 Å². The number of aromatic carboxylic acids is 1. The van der Waals surface area contributed by atoms with Crippen LogP contribution in [0.3, 0.4) is 0 Å². The van der Waals surface area contributed by atoms with Crippen molar-refractivity contribution in [2.75, 3.05) is 21.3 Å². The van der Waals surface area contributed by atoms with Crippen LogP contribution in [0.5, 0.6) is 17.2 Å². The molecule has 0 saturated carbocycles. The third-order valence-corrected chi connectivity index (χ3v) is 3.79. The molecule has 0 bridgehead atoms. The zero-order valence-electron chi connectivity index (χ0n) is 12.3. The van der Waals surface area contributed by atoms with Crippen molar-refractivity contribution < 1.29 is 24.1 Å². The first-order chi connectivity index (χ1) is 10.6. The average Bonchev–Trinajstić information content (AvgIpc) is 3.00. The maximum Gasteiger partial charge on any atom is 0.347 e. The minimum Gasteiger partial charge on any atom is -0.493 e. The van der Waals surface area contributed by atoms with E-state index >= 15 is 0 Å². The average molecular weight is 321 g/mol. The van der Waals surface area contributed by atoms with Crippen LogP contribution in [0.4, 0.5) is 0 Å². The second kappa shape index (κ2) is 6.95. The van der Waals surface area contributed by atoms with Crippen molar-refractivity contribution >= 4 is 29.5 Å². The van der Waals surface area contributed by atoms with E-state index in [0.717, 1.165) is 16.9 Å². The minimum absolute atomic E-state index is 0.199. The summed E-state index contributed by atoms with van der Waals surface area (Å²) in [6.07, 6.45) is 4.87. The number of methoxy groups -OCH3 is 3. The van der Waals surface area contributed by atoms with Crippen molar-refractivity contribution in [2.24, 2.45) is 0 Å². The number of hydrogen-bond donors (Lipinski definition) is 1. The van der Waals surface area contributed by atoms with E-state index < -0.39 is 5.97 Å². The summed E-state index contributed by atoms with van der Waals surface area (Å²) in [4.78, 5) is 15.1. The Balaban J connectivity index is 2.31. The van der Waals surface area contributed by atoms with Gasteiger partial charge in [0, 0.05) is 0 Å². The number of nitrogens with zero attached hydrogens (tertiary/aromatic N) is 1. The van der Waals surface area contributed by atoms with Gasteiger partial charge in [-0.15, -0.1) is 11.3 Å². The summed E-state index contributed by atoms with van der Waals surface area (Å²) in [5.41, 5.74) is 0.821. The quantitative estimate of drug-likeness (QED) is 0.881. The van der Waals surface area contributed by atoms with Gasteiger partial charge in [-0.05, 0) is 23.8 Å². The van der Waals surface area contributed by atoms with Crippen molar-refractivity contribution in [3.8, 4) is 17.2 Å². The number of rotatable bonds is 6. The van der Waals surface area contributed by atoms with Gasteiger partial charge in [-0.3, -0.25) is 0 Å². The largest absolute Gasteiger partial charge is 0.493 e. The number of benzene rings is 1. The second-order valence-electron chi connectivity index (χ2n) is 4.16. The first kappa shape index (κ1) is 15.8. The Kier molecular flexibility index (Phi) is 5.00. The Morgan fingerprint density at radius 2 is 1.77 bits per heavy atom. The van der Waals surface area contributed by atoms with E-state index in [2.05, 4.69) is 4.98 Å². The Morgan fingerprint density at radius 1 is 1.14 bits per heavy atom. The molecular weight excluding hydrogens is 306 g/mol. The Bertz CT molecular complexity index is 683. The van der Waals surface area contributed by atoms with Crippen molar-refractivity contribution in [2.45, 2.75) is 0 Å². The fourth-order valence-corrected chi connectivity index (χ4v) is 2.49. The third kappa shape index (κ3) is 3.37. The Labute approximate surface area is 131 Å². The van der Waals surface area contributed by atoms with Crippen LogP contribution in [0.15, 0.2) is 18.3 Å². The number of carboxylic acid groups (broad SMARTS) is 1. The molecule has 116 valence electrons. The van der Waals surface area contributed by atoms with E-state index in [0.29, 0.717) is 22.3 Å². The lowest BCUT2D eigenvalue weighted by Gasteiger charge is -2.12. The van der Waals surface area contributed by atoms with Gasteiger partial charge in [-0.1, -0.05) is 6.08 Å². The SMILES string of the molecule is COc1cc(/C=C/c2ncc(C(=O)O)s2)cc(OC)c1OC. The van der Waals surface area contributed by atoms with Gasteiger partial charge in [-0.25, -0.2) is 9.78 Å². The summed E-state index contributed by atoms with van der Waals surface area (Å²) in [5.74, 6) is 0.633. The van der Waals surface area contributed by atoms with Crippen LogP contribution in [-0.4, -0.2) is 37.4 Å². The van der Waals surface area contributed by atoms with Crippen molar-refractivity contribution in [1.82, 2.24) is 4.98 Å². The van der Waals surface area contributed by atoms with E-state index in [1.807, 2.05) is 0 Å². The third-order valence-electron chi connectivity index (χ3n) is 2.84. The summed E-state index contributed by atoms with van der Waals surface area (Å²) in [6.45, 7) is 0. The van der Waals surface area contributed by atoms with Crippen molar-refractivity contribution in [1.29, 1.82) is 0 Å². The molecule has 0 aliphatic carbocycles. The molecule has 1 heterocycles. The van der Waals surface area contributed by atoms with Gasteiger partial charge in [0.2, 0.25) is 5.75 Å². The smallest absolute Gasteiger partial charge is 0.347 e. The second-order valence-corrected chi connectivity index (χ2v) is 5.22. The molecule has 6 nitrogen and oxygen atoms in total. The molecule has 1 aromatic heterocycles. The molecule has 0 saturated heterocycles. The molecule has 0 aliphatic heterocycles. The van der Waals surface area contributed by atoms with E-state index in [9.17, 15) is 4.79 Å². The van der Waals surface area contributed by atoms with Gasteiger partial charge >= 0.3 is 5.97 Å². The molecule has 7 heteroatoms. The fourth-order valence-electron chi connectivity index (χ4n) is 1.83. The standard InChI is InChI=1S/C15H15NO5S/c1-19-10-6-9(7-11(20-2)14(10)21-3)4-5-13-16-8-12(22-13)15(17)18/h4-8H,1-3H3,(H,17,18)/b5-4+. The topological polar surface area (TPSA) is 77.9 Å². The van der Waals surface area contributed by atoms with Crippen LogP contribution < -0.4 is 14.2 Å². The van der Waals surface area contributed by atoms with Crippen LogP contribution in [0.25, 0.3) is 12.2 Å². The molecule has 1 N–H and O–H groups in total. The maximum atomic E-state index is 10.8. The summed E-state index contributed by atoms with van der Waals surface area (Å²) in [7, 11) is 4.63. The summed E-state index contributed by atoms with van der Waals surface area (Å²) in [5, 5.41) is 9.48. The minimum atomic E-state index is -0.982. The highest BCUT2D eigenvalue weighted by molar-refractivity contribution is 7.14. The molecule has 0 atom stereocenters. The highest BCUT2D eigenvalue weighted by atomic mass is 32.1. The summed E-state index contributed by atoms with van der Waals surface area (Å²) >= 11 is 1.10. The van der Waals surface area contributed by atoms with Gasteiger partial charge in [-0.2, -0.15) is 0 Å². The van der Waals surface area contributed by atoms with Crippen LogP contribution in [0, 0.1) is 0 Å². The van der Waals surface area contributed by atoms with Crippen molar-refractivity contribution in [3.63, 3.8) is 0 Å². The normalized spacial score (nSPS) is 10.7. The van der Waals surface area contributed by atoms with Gasteiger partial charge in [0.25, 0.3) is 0 Å². The lowest BCUT2D eigenvalue weighted by atomic mass is 10.1. The van der Waals surface area contributed by atoms with Gasteiger partial charge in [0.05, 0.1) is 27.5 Å². The molecule has 0 aliphatic rings. The Hall–Kier alpha value is -2.54. The predicted molar refractivity (Wildman–Crippen MR) is 84.1 cm³/mol. The van der Waals surface area contributed by atoms with E-state index in [1.165, 1.54) is 6.20 Å². The number of carbonyl (C=O) groups is 1. The van der Waals surface area contributed by atoms with Crippen LogP contribution in [0.1, 0.15) is 20.2 Å². The zero-order valence-corrected chi connectivity index (χ0v) is 13.1. The molecule has 2 rings (SSSR count). The highest BCUT2D eigenvalue weighted by Crippen LogP contribution is 2.38. The lowest BCUT2D eigenvalue weighted by molar-refractivity contribution is 0.0702. The monoisotopic (exact) mass is 321 g/mol. The zero-order chi connectivity index (χ0) is 16.1. The molecule has 0 fully saturated rings. The molecule has 0 radical (unpaired) electrons. The van der Waals surface area contributed by atoms with E-state index in [1.54, 1.807) is 45.6 Å². The van der Waals surface area contributed by atoms with Gasteiger partial charge < -0.3 is 19.3 Å². The molecule has 0 spiro atoms. The Morgan fingerprint density at radius 3 is 2.23 bits per heavy atom. The molecule has 0 amide bonds. The van der Waals surface area contributed by atoms with Crippen LogP contribution in [-0.2, 0) is 0 Å². The fraction of sp³-hybridized carbons (Fsp3) is 0.200. The highest BCUT2D eigenvalue weighted by Gasteiger charge is 2.12. The van der Waals surface area contributed by atoms with Crippen LogP contribution in [0.2, 0.25) is 0 Å². The molecule has 1 aromatic carbocycles. The maximum absolute atomic E-state index is 10.8. The first-order valence-electron chi connectivity index (χ1n) is 6.26. The van der Waals surface area contributed by atoms with Gasteiger partial charge in [0.1, 0.15) is 9.88 Å². The molecule has 2 aromatic rings. The predicted octanol–water partition coefficient (Wildman–Crippen LogP) is 3.04.